The van der Waals surface area contributed by atoms with Crippen molar-refractivity contribution < 1.29 is 19.2 Å². The molecular formula is H9CaMg2O4P. The molecule has 3 N–H and O–H groups in total. The predicted octanol–water partition coefficient (Wildman–Crippen LogP) is -3.68. The van der Waals surface area contributed by atoms with E-state index in [1.807, 2.05) is 0 Å². The van der Waals surface area contributed by atoms with E-state index in [0.717, 1.165) is 0 Å². The third kappa shape index (κ3) is 66.0. The fourth-order valence-corrected chi connectivity index (χ4v) is 0. The van der Waals surface area contributed by atoms with Gasteiger partial charge in [0.15, 0.2) is 0 Å². The third-order valence-corrected chi connectivity index (χ3v) is 0. The molecule has 8 heteroatoms. The van der Waals surface area contributed by atoms with Crippen LogP contribution in [0.4, 0.5) is 0 Å². The summed E-state index contributed by atoms with van der Waals surface area (Å²) >= 11 is 0. The molecule has 0 spiro atoms. The summed E-state index contributed by atoms with van der Waals surface area (Å²) in [6, 6.07) is 0. The Bertz CT molecular complexity index is 60.2. The van der Waals surface area contributed by atoms with E-state index in [4.69, 9.17) is 19.2 Å². The van der Waals surface area contributed by atoms with Gasteiger partial charge in [0.05, 0.1) is 0 Å². The van der Waals surface area contributed by atoms with Crippen molar-refractivity contribution in [1.29, 1.82) is 0 Å². The zero-order chi connectivity index (χ0) is 4.50. The van der Waals surface area contributed by atoms with E-state index in [0.29, 0.717) is 0 Å². The Hall–Kier alpha value is 2.90. The Morgan fingerprint density at radius 3 is 1.00 bits per heavy atom. The largest absolute Gasteiger partial charge is 0.316 e. The topological polar surface area (TPSA) is 77.8 Å². The van der Waals surface area contributed by atoms with Crippen molar-refractivity contribution in [1.82, 2.24) is 0 Å². The second-order valence-electron chi connectivity index (χ2n) is 0.513. The molecule has 8 heavy (non-hydrogen) atoms. The van der Waals surface area contributed by atoms with Crippen LogP contribution < -0.4 is 0 Å². The van der Waals surface area contributed by atoms with Crippen LogP contribution in [0, 0.1) is 0 Å². The number of hydrogen-bond acceptors (Lipinski definition) is 1. The van der Waals surface area contributed by atoms with Crippen molar-refractivity contribution in [2.45, 2.75) is 0 Å². The molecule has 0 aliphatic heterocycles. The van der Waals surface area contributed by atoms with Gasteiger partial charge in [-0.2, -0.15) is 0 Å². The Balaban J connectivity index is -0.0000000267. The van der Waals surface area contributed by atoms with E-state index in [9.17, 15) is 0 Å². The molecule has 0 saturated carbocycles. The van der Waals surface area contributed by atoms with Crippen molar-refractivity contribution in [3.8, 4) is 0 Å². The normalized spacial score (nSPS) is 7.38. The summed E-state index contributed by atoms with van der Waals surface area (Å²) in [7, 11) is -4.64. The molecule has 0 aromatic heterocycles. The van der Waals surface area contributed by atoms with Gasteiger partial charge in [-0.1, -0.05) is 0 Å². The monoisotopic (exact) mass is 192 g/mol. The SMILES string of the molecule is O=P(O)(O)O.[CaH2].[MgH2].[MgH2]. The maximum Gasteiger partial charge on any atom is 0.316 e. The Labute approximate surface area is 109 Å². The van der Waals surface area contributed by atoms with Crippen LogP contribution in [0.15, 0.2) is 0 Å². The van der Waals surface area contributed by atoms with E-state index < -0.39 is 7.82 Å². The first-order valence-corrected chi connectivity index (χ1v) is 2.35. The van der Waals surface area contributed by atoms with E-state index >= 15 is 0 Å². The molecule has 0 aromatic carbocycles. The Kier molecular flexibility index (Phi) is 27.8. The van der Waals surface area contributed by atoms with Crippen LogP contribution in [0.5, 0.6) is 0 Å². The van der Waals surface area contributed by atoms with Gasteiger partial charge in [-0.15, -0.1) is 0 Å². The summed E-state index contributed by atoms with van der Waals surface area (Å²) < 4.78 is 8.88. The Morgan fingerprint density at radius 2 is 1.00 bits per heavy atom. The van der Waals surface area contributed by atoms with Crippen molar-refractivity contribution in [3.63, 3.8) is 0 Å². The molecule has 44 valence electrons. The predicted molar refractivity (Wildman–Crippen MR) is 39.9 cm³/mol. The van der Waals surface area contributed by atoms with Crippen molar-refractivity contribution in [2.75, 3.05) is 0 Å². The second kappa shape index (κ2) is 9.90. The average molecular weight is 193 g/mol. The fourth-order valence-electron chi connectivity index (χ4n) is 0. The zero-order valence-electron chi connectivity index (χ0n) is 2.20. The molecular weight excluding hydrogens is 184 g/mol. The summed E-state index contributed by atoms with van der Waals surface area (Å²) in [5.74, 6) is 0. The average Bonchev–Trinajstić information content (AvgIpc) is 0.722. The molecule has 0 atom stereocenters. The quantitative estimate of drug-likeness (QED) is 0.273. The van der Waals surface area contributed by atoms with Gasteiger partial charge in [-0.25, -0.2) is 4.57 Å². The maximum atomic E-state index is 8.88. The number of rotatable bonds is 0. The van der Waals surface area contributed by atoms with Crippen LogP contribution in [0.3, 0.4) is 0 Å². The fraction of sp³-hybridized carbons (Fsp3) is 0. The second-order valence-corrected chi connectivity index (χ2v) is 1.54. The van der Waals surface area contributed by atoms with E-state index in [2.05, 4.69) is 0 Å². The molecule has 0 aliphatic carbocycles. The van der Waals surface area contributed by atoms with Crippen molar-refractivity contribution in [3.05, 3.63) is 0 Å². The molecule has 0 aliphatic rings. The van der Waals surface area contributed by atoms with Gasteiger partial charge in [-0.3, -0.25) is 0 Å². The molecule has 0 rings (SSSR count). The number of hydrogen-bond donors (Lipinski definition) is 3. The smallest absolute Gasteiger partial charge is 0.316 e. The molecule has 0 amide bonds. The molecule has 0 bridgehead atoms. The van der Waals surface area contributed by atoms with Crippen LogP contribution >= 0.6 is 7.82 Å². The summed E-state index contributed by atoms with van der Waals surface area (Å²) in [4.78, 5) is 21.6. The molecule has 0 unspecified atom stereocenters. The first-order valence-electron chi connectivity index (χ1n) is 0.783. The Morgan fingerprint density at radius 1 is 1.00 bits per heavy atom. The minimum absolute atomic E-state index is 0. The molecule has 4 nitrogen and oxygen atoms in total. The van der Waals surface area contributed by atoms with Crippen LogP contribution in [-0.2, 0) is 4.57 Å². The molecule has 0 heterocycles. The van der Waals surface area contributed by atoms with Gasteiger partial charge in [0.2, 0.25) is 0 Å². The molecule has 0 aromatic rings. The molecule has 0 saturated heterocycles. The zero-order valence-corrected chi connectivity index (χ0v) is 3.09. The summed E-state index contributed by atoms with van der Waals surface area (Å²) in [6.45, 7) is 0. The third-order valence-electron chi connectivity index (χ3n) is 0. The minimum atomic E-state index is -4.64. The van der Waals surface area contributed by atoms with Gasteiger partial charge >= 0.3 is 91.7 Å². The minimum Gasteiger partial charge on any atom is 0.316 e. The standard InChI is InChI=1S/Ca.2Mg.H3O4P.6H/c;;;1-5(2,3)4;;;;;;/h;;;(H3,1,2,3,4);;;;;;. The van der Waals surface area contributed by atoms with Crippen LogP contribution in [0.25, 0.3) is 0 Å². The van der Waals surface area contributed by atoms with Crippen LogP contribution in [0.1, 0.15) is 0 Å². The van der Waals surface area contributed by atoms with Crippen molar-refractivity contribution >= 4 is 91.7 Å². The van der Waals surface area contributed by atoms with Gasteiger partial charge < -0.3 is 14.7 Å². The summed E-state index contributed by atoms with van der Waals surface area (Å²) in [5.41, 5.74) is 0. The van der Waals surface area contributed by atoms with Crippen LogP contribution in [-0.4, -0.2) is 98.5 Å². The number of phosphoric acid groups is 1. The molecule has 0 radical (unpaired) electrons. The molecule has 0 fully saturated rings. The first-order chi connectivity index (χ1) is 2.00. The van der Waals surface area contributed by atoms with Gasteiger partial charge in [-0.05, 0) is 0 Å². The van der Waals surface area contributed by atoms with E-state index in [1.165, 1.54) is 0 Å². The van der Waals surface area contributed by atoms with E-state index in [-0.39, 0.29) is 83.8 Å². The van der Waals surface area contributed by atoms with Crippen molar-refractivity contribution in [2.24, 2.45) is 0 Å². The van der Waals surface area contributed by atoms with Gasteiger partial charge in [0, 0.05) is 0 Å². The van der Waals surface area contributed by atoms with Crippen LogP contribution in [0.2, 0.25) is 0 Å². The first kappa shape index (κ1) is 22.4. The van der Waals surface area contributed by atoms with Gasteiger partial charge in [0.1, 0.15) is 0 Å². The maximum absolute atomic E-state index is 8.88. The summed E-state index contributed by atoms with van der Waals surface area (Å²) in [6.07, 6.45) is 0. The van der Waals surface area contributed by atoms with Gasteiger partial charge in [0.25, 0.3) is 0 Å². The summed E-state index contributed by atoms with van der Waals surface area (Å²) in [5, 5.41) is 0. The van der Waals surface area contributed by atoms with E-state index in [1.54, 1.807) is 0 Å².